The maximum Gasteiger partial charge on any atom is 0.227 e. The van der Waals surface area contributed by atoms with E-state index in [1.165, 1.54) is 135 Å². The molecule has 0 saturated carbocycles. The van der Waals surface area contributed by atoms with E-state index >= 15 is 0 Å². The molecule has 0 aliphatic carbocycles. The van der Waals surface area contributed by atoms with Crippen molar-refractivity contribution in [2.45, 2.75) is 159 Å². The maximum atomic E-state index is 6.15. The molecule has 0 spiro atoms. The van der Waals surface area contributed by atoms with E-state index < -0.39 is 0 Å². The molecule has 6 heteroatoms. The van der Waals surface area contributed by atoms with Crippen LogP contribution in [0.4, 0.5) is 0 Å². The molecule has 0 atom stereocenters. The molecule has 1 aromatic heterocycles. The maximum absolute atomic E-state index is 6.15. The van der Waals surface area contributed by atoms with Crippen molar-refractivity contribution in [1.29, 1.82) is 0 Å². The summed E-state index contributed by atoms with van der Waals surface area (Å²) in [5.41, 5.74) is 0. The van der Waals surface area contributed by atoms with Crippen molar-refractivity contribution >= 4 is 35.1 Å². The Morgan fingerprint density at radius 1 is 0.500 bits per heavy atom. The van der Waals surface area contributed by atoms with Crippen LogP contribution in [0.5, 0.6) is 0 Å². The minimum Gasteiger partial charge on any atom is -0.196 e. The van der Waals surface area contributed by atoms with E-state index in [4.69, 9.17) is 11.6 Å². The fourth-order valence-corrected chi connectivity index (χ4v) is 6.16. The first-order valence-corrected chi connectivity index (χ1v) is 17.4. The highest BCUT2D eigenvalue weighted by atomic mass is 35.5. The van der Waals surface area contributed by atoms with Gasteiger partial charge in [0.05, 0.1) is 0 Å². The Balaban J connectivity index is 1.97. The molecule has 36 heavy (non-hydrogen) atoms. The van der Waals surface area contributed by atoms with Crippen LogP contribution in [0.15, 0.2) is 22.5 Å². The number of rotatable bonds is 26. The molecular formula is C30H54ClN3S2. The van der Waals surface area contributed by atoms with Gasteiger partial charge in [-0.3, -0.25) is 0 Å². The molecule has 0 saturated heterocycles. The molecule has 1 heterocycles. The number of aromatic nitrogens is 3. The van der Waals surface area contributed by atoms with E-state index in [1.54, 1.807) is 23.5 Å². The lowest BCUT2D eigenvalue weighted by Crippen LogP contribution is -1.96. The summed E-state index contributed by atoms with van der Waals surface area (Å²) >= 11 is 9.59. The first kappa shape index (κ1) is 33.8. The predicted molar refractivity (Wildman–Crippen MR) is 164 cm³/mol. The monoisotopic (exact) mass is 555 g/mol. The topological polar surface area (TPSA) is 38.7 Å². The molecule has 0 unspecified atom stereocenters. The first-order valence-electron chi connectivity index (χ1n) is 15.1. The highest BCUT2D eigenvalue weighted by Gasteiger charge is 2.06. The molecule has 3 nitrogen and oxygen atoms in total. The highest BCUT2D eigenvalue weighted by Crippen LogP contribution is 2.23. The van der Waals surface area contributed by atoms with Gasteiger partial charge in [0.25, 0.3) is 0 Å². The van der Waals surface area contributed by atoms with Crippen LogP contribution in [-0.4, -0.2) is 26.5 Å². The fraction of sp³-hybridized carbons (Fsp3) is 0.833. The number of unbranched alkanes of at least 4 members (excludes halogenated alkanes) is 18. The van der Waals surface area contributed by atoms with Crippen LogP contribution in [0.25, 0.3) is 0 Å². The second-order valence-corrected chi connectivity index (χ2v) is 12.4. The van der Waals surface area contributed by atoms with Gasteiger partial charge < -0.3 is 0 Å². The molecule has 0 bridgehead atoms. The van der Waals surface area contributed by atoms with Gasteiger partial charge in [-0.05, 0) is 50.1 Å². The summed E-state index contributed by atoms with van der Waals surface area (Å²) in [6.07, 6.45) is 32.9. The summed E-state index contributed by atoms with van der Waals surface area (Å²) < 4.78 is 0. The van der Waals surface area contributed by atoms with E-state index in [9.17, 15) is 0 Å². The smallest absolute Gasteiger partial charge is 0.196 e. The van der Waals surface area contributed by atoms with Gasteiger partial charge in [0.2, 0.25) is 5.28 Å². The summed E-state index contributed by atoms with van der Waals surface area (Å²) in [5, 5.41) is 1.89. The molecule has 0 fully saturated rings. The molecule has 0 N–H and O–H groups in total. The van der Waals surface area contributed by atoms with E-state index in [2.05, 4.69) is 41.0 Å². The molecule has 0 aliphatic heterocycles. The summed E-state index contributed by atoms with van der Waals surface area (Å²) in [7, 11) is 0. The number of hydrogen-bond acceptors (Lipinski definition) is 5. The second kappa shape index (κ2) is 26.4. The van der Waals surface area contributed by atoms with Crippen LogP contribution in [0.2, 0.25) is 5.28 Å². The zero-order chi connectivity index (χ0) is 25.9. The van der Waals surface area contributed by atoms with Gasteiger partial charge in [0, 0.05) is 11.5 Å². The molecule has 1 aromatic rings. The zero-order valence-corrected chi connectivity index (χ0v) is 25.8. The number of halogens is 1. The molecule has 0 radical (unpaired) electrons. The Hall–Kier alpha value is -0.260. The van der Waals surface area contributed by atoms with Crippen molar-refractivity contribution in [2.24, 2.45) is 0 Å². The third-order valence-electron chi connectivity index (χ3n) is 6.43. The van der Waals surface area contributed by atoms with E-state index in [1.807, 2.05) is 0 Å². The van der Waals surface area contributed by atoms with E-state index in [0.29, 0.717) is 5.28 Å². The van der Waals surface area contributed by atoms with Gasteiger partial charge in [-0.2, -0.15) is 15.0 Å². The lowest BCUT2D eigenvalue weighted by Gasteiger charge is -2.05. The summed E-state index contributed by atoms with van der Waals surface area (Å²) in [6, 6.07) is 0. The van der Waals surface area contributed by atoms with Crippen LogP contribution >= 0.6 is 35.1 Å². The Kier molecular flexibility index (Phi) is 24.7. The standard InChI is InChI=1S/C30H54ClN3S2/c1-3-5-7-9-11-12-13-14-15-16-17-18-19-21-23-25-27-36-30-33-28(31)32-29(34-30)35-26-24-22-20-10-8-6-4-2/h14-15H,3-13,16-27H2,1-2H3/b15-14-. The predicted octanol–water partition coefficient (Wildman–Crippen LogP) is 11.5. The quantitative estimate of drug-likeness (QED) is 0.0645. The van der Waals surface area contributed by atoms with Crippen LogP contribution < -0.4 is 0 Å². The normalized spacial score (nSPS) is 11.6. The lowest BCUT2D eigenvalue weighted by molar-refractivity contribution is 0.603. The Labute approximate surface area is 237 Å². The molecule has 0 amide bonds. The van der Waals surface area contributed by atoms with Crippen molar-refractivity contribution in [3.8, 4) is 0 Å². The van der Waals surface area contributed by atoms with Gasteiger partial charge in [-0.15, -0.1) is 0 Å². The van der Waals surface area contributed by atoms with Crippen LogP contribution in [0, 0.1) is 0 Å². The van der Waals surface area contributed by atoms with E-state index in [-0.39, 0.29) is 0 Å². The number of nitrogens with zero attached hydrogens (tertiary/aromatic N) is 3. The van der Waals surface area contributed by atoms with Gasteiger partial charge in [-0.25, -0.2) is 0 Å². The Bertz CT molecular complexity index is 643. The third-order valence-corrected chi connectivity index (χ3v) is 8.47. The lowest BCUT2D eigenvalue weighted by atomic mass is 10.1. The Morgan fingerprint density at radius 3 is 1.28 bits per heavy atom. The average Bonchev–Trinajstić information content (AvgIpc) is 2.87. The first-order chi connectivity index (χ1) is 17.8. The molecular weight excluding hydrogens is 502 g/mol. The second-order valence-electron chi connectivity index (χ2n) is 9.93. The highest BCUT2D eigenvalue weighted by molar-refractivity contribution is 7.99. The third kappa shape index (κ3) is 21.8. The van der Waals surface area contributed by atoms with Crippen LogP contribution in [0.1, 0.15) is 149 Å². The van der Waals surface area contributed by atoms with Crippen LogP contribution in [0.3, 0.4) is 0 Å². The molecule has 0 aliphatic rings. The SMILES string of the molecule is CCCCCCCC/C=C\CCCCCCCCSc1nc(Cl)nc(SCCCCCCCCC)n1. The summed E-state index contributed by atoms with van der Waals surface area (Å²) in [4.78, 5) is 13.2. The van der Waals surface area contributed by atoms with Crippen molar-refractivity contribution in [2.75, 3.05) is 11.5 Å². The molecule has 0 aromatic carbocycles. The van der Waals surface area contributed by atoms with Crippen molar-refractivity contribution in [3.05, 3.63) is 17.4 Å². The molecule has 1 rings (SSSR count). The number of hydrogen-bond donors (Lipinski definition) is 0. The number of allylic oxidation sites excluding steroid dienone is 2. The zero-order valence-electron chi connectivity index (χ0n) is 23.5. The summed E-state index contributed by atoms with van der Waals surface area (Å²) in [6.45, 7) is 4.55. The van der Waals surface area contributed by atoms with Gasteiger partial charge in [0.15, 0.2) is 10.3 Å². The van der Waals surface area contributed by atoms with E-state index in [0.717, 1.165) is 21.8 Å². The summed E-state index contributed by atoms with van der Waals surface area (Å²) in [5.74, 6) is 2.12. The van der Waals surface area contributed by atoms with Gasteiger partial charge in [0.1, 0.15) is 0 Å². The average molecular weight is 556 g/mol. The van der Waals surface area contributed by atoms with Crippen molar-refractivity contribution in [1.82, 2.24) is 15.0 Å². The molecule has 208 valence electrons. The van der Waals surface area contributed by atoms with Gasteiger partial charge in [-0.1, -0.05) is 146 Å². The van der Waals surface area contributed by atoms with Crippen LogP contribution in [-0.2, 0) is 0 Å². The minimum atomic E-state index is 0.329. The van der Waals surface area contributed by atoms with Crippen molar-refractivity contribution < 1.29 is 0 Å². The van der Waals surface area contributed by atoms with Crippen molar-refractivity contribution in [3.63, 3.8) is 0 Å². The minimum absolute atomic E-state index is 0.329. The largest absolute Gasteiger partial charge is 0.227 e. The van der Waals surface area contributed by atoms with Gasteiger partial charge >= 0.3 is 0 Å². The Morgan fingerprint density at radius 2 is 0.861 bits per heavy atom. The fourth-order valence-electron chi connectivity index (χ4n) is 4.18. The number of thioether (sulfide) groups is 2.